The molecule has 1 N–H and O–H groups in total. The van der Waals surface area contributed by atoms with Crippen LogP contribution < -0.4 is 5.11 Å². The summed E-state index contributed by atoms with van der Waals surface area (Å²) in [5, 5.41) is 21.2. The number of rotatable bonds is 3. The molecular weight excluding hydrogens is 244 g/mol. The summed E-state index contributed by atoms with van der Waals surface area (Å²) in [7, 11) is 0. The molecule has 0 aliphatic heterocycles. The van der Waals surface area contributed by atoms with Crippen LogP contribution in [0.4, 0.5) is 0 Å². The highest BCUT2D eigenvalue weighted by Gasteiger charge is 2.46. The van der Waals surface area contributed by atoms with Crippen LogP contribution in [0.1, 0.15) is 34.1 Å². The maximum atomic E-state index is 11.6. The Morgan fingerprint density at radius 1 is 1.47 bits per heavy atom. The molecule has 1 rings (SSSR count). The number of carbonyl (C=O) groups excluding carboxylic acids is 2. The normalized spacial score (nSPS) is 27.5. The standard InChI is InChI=1S/C15H20O4/c1-10(7-13(17)18)5-6-15(19)11(2)8-12(16)9-14(15,3)4/h5-8,19H,9H2,1-4H3,(H,17,18)/p-1/b6-5+,10-7+/t15-/m0/s1. The summed E-state index contributed by atoms with van der Waals surface area (Å²) in [5.74, 6) is -1.29. The van der Waals surface area contributed by atoms with Gasteiger partial charge in [-0.25, -0.2) is 0 Å². The number of carboxylic acids is 1. The van der Waals surface area contributed by atoms with Crippen LogP contribution in [-0.4, -0.2) is 22.5 Å². The van der Waals surface area contributed by atoms with Gasteiger partial charge in [-0.3, -0.25) is 4.79 Å². The van der Waals surface area contributed by atoms with Gasteiger partial charge < -0.3 is 15.0 Å². The average Bonchev–Trinajstić information content (AvgIpc) is 2.21. The predicted molar refractivity (Wildman–Crippen MR) is 70.0 cm³/mol. The molecule has 1 aliphatic rings. The van der Waals surface area contributed by atoms with E-state index in [0.29, 0.717) is 11.1 Å². The van der Waals surface area contributed by atoms with Gasteiger partial charge in [-0.15, -0.1) is 0 Å². The van der Waals surface area contributed by atoms with Gasteiger partial charge in [0.1, 0.15) is 5.60 Å². The highest BCUT2D eigenvalue weighted by atomic mass is 16.4. The lowest BCUT2D eigenvalue weighted by atomic mass is 9.64. The van der Waals surface area contributed by atoms with Gasteiger partial charge >= 0.3 is 0 Å². The minimum absolute atomic E-state index is 0.0115. The topological polar surface area (TPSA) is 77.4 Å². The molecule has 1 aliphatic carbocycles. The van der Waals surface area contributed by atoms with Gasteiger partial charge in [0.05, 0.1) is 5.97 Å². The van der Waals surface area contributed by atoms with E-state index in [-0.39, 0.29) is 12.2 Å². The zero-order valence-corrected chi connectivity index (χ0v) is 11.7. The Morgan fingerprint density at radius 2 is 2.05 bits per heavy atom. The van der Waals surface area contributed by atoms with Crippen molar-refractivity contribution in [3.8, 4) is 0 Å². The molecule has 0 fully saturated rings. The Hall–Kier alpha value is -1.68. The highest BCUT2D eigenvalue weighted by Crippen LogP contribution is 2.44. The smallest absolute Gasteiger partial charge is 0.156 e. The molecule has 0 saturated heterocycles. The largest absolute Gasteiger partial charge is 0.545 e. The fraction of sp³-hybridized carbons (Fsp3) is 0.467. The number of ketones is 1. The molecule has 0 heterocycles. The van der Waals surface area contributed by atoms with Crippen molar-refractivity contribution in [3.63, 3.8) is 0 Å². The number of hydrogen-bond acceptors (Lipinski definition) is 4. The van der Waals surface area contributed by atoms with Crippen molar-refractivity contribution in [3.05, 3.63) is 35.5 Å². The summed E-state index contributed by atoms with van der Waals surface area (Å²) >= 11 is 0. The molecule has 4 heteroatoms. The second kappa shape index (κ2) is 5.13. The summed E-state index contributed by atoms with van der Waals surface area (Å²) in [6, 6.07) is 0. The predicted octanol–water partition coefficient (Wildman–Crippen LogP) is 0.915. The zero-order chi connectivity index (χ0) is 14.8. The van der Waals surface area contributed by atoms with Crippen LogP contribution in [0.15, 0.2) is 35.5 Å². The molecule has 0 aromatic heterocycles. The Bertz CT molecular complexity index is 494. The van der Waals surface area contributed by atoms with Gasteiger partial charge in [0, 0.05) is 11.8 Å². The van der Waals surface area contributed by atoms with Crippen molar-refractivity contribution < 1.29 is 19.8 Å². The van der Waals surface area contributed by atoms with E-state index < -0.39 is 17.0 Å². The maximum absolute atomic E-state index is 11.6. The summed E-state index contributed by atoms with van der Waals surface area (Å²) in [5.41, 5.74) is -0.872. The molecule has 4 nitrogen and oxygen atoms in total. The highest BCUT2D eigenvalue weighted by molar-refractivity contribution is 5.92. The van der Waals surface area contributed by atoms with Gasteiger partial charge in [-0.05, 0) is 43.2 Å². The van der Waals surface area contributed by atoms with E-state index in [1.807, 2.05) is 13.8 Å². The minimum Gasteiger partial charge on any atom is -0.545 e. The van der Waals surface area contributed by atoms with E-state index in [9.17, 15) is 19.8 Å². The van der Waals surface area contributed by atoms with Gasteiger partial charge in [0.25, 0.3) is 0 Å². The zero-order valence-electron chi connectivity index (χ0n) is 11.7. The Kier molecular flexibility index (Phi) is 4.15. The second-order valence-electron chi connectivity index (χ2n) is 5.66. The summed E-state index contributed by atoms with van der Waals surface area (Å²) in [6.07, 6.45) is 5.71. The molecular formula is C15H19O4-. The van der Waals surface area contributed by atoms with Crippen LogP contribution in [0.25, 0.3) is 0 Å². The third kappa shape index (κ3) is 3.20. The molecule has 0 saturated carbocycles. The van der Waals surface area contributed by atoms with Crippen molar-refractivity contribution in [2.75, 3.05) is 0 Å². The molecule has 0 unspecified atom stereocenters. The van der Waals surface area contributed by atoms with Crippen LogP contribution in [0.2, 0.25) is 0 Å². The summed E-state index contributed by atoms with van der Waals surface area (Å²) in [4.78, 5) is 22.0. The molecule has 0 aromatic rings. The average molecular weight is 263 g/mol. The number of hydrogen-bond donors (Lipinski definition) is 1. The van der Waals surface area contributed by atoms with E-state index in [1.165, 1.54) is 12.2 Å². The van der Waals surface area contributed by atoms with E-state index in [4.69, 9.17) is 0 Å². The van der Waals surface area contributed by atoms with Crippen LogP contribution >= 0.6 is 0 Å². The van der Waals surface area contributed by atoms with E-state index in [2.05, 4.69) is 0 Å². The molecule has 1 atom stereocenters. The fourth-order valence-electron chi connectivity index (χ4n) is 2.35. The molecule has 19 heavy (non-hydrogen) atoms. The lowest BCUT2D eigenvalue weighted by molar-refractivity contribution is -0.297. The SMILES string of the molecule is CC1=CC(=O)CC(C)(C)[C@]1(O)/C=C/C(C)=C/C(=O)[O-]. The fourth-order valence-corrected chi connectivity index (χ4v) is 2.35. The molecule has 0 radical (unpaired) electrons. The maximum Gasteiger partial charge on any atom is 0.156 e. The lowest BCUT2D eigenvalue weighted by Crippen LogP contribution is -2.48. The first-order valence-electron chi connectivity index (χ1n) is 6.11. The number of allylic oxidation sites excluding steroid dienone is 3. The monoisotopic (exact) mass is 263 g/mol. The molecule has 0 bridgehead atoms. The van der Waals surface area contributed by atoms with Gasteiger partial charge in [0.2, 0.25) is 0 Å². The summed E-state index contributed by atoms with van der Waals surface area (Å²) in [6.45, 7) is 6.92. The molecule has 0 spiro atoms. The quantitative estimate of drug-likeness (QED) is 0.606. The number of aliphatic carboxylic acids is 1. The second-order valence-corrected chi connectivity index (χ2v) is 5.66. The number of carbonyl (C=O) groups is 2. The Morgan fingerprint density at radius 3 is 2.53 bits per heavy atom. The van der Waals surface area contributed by atoms with Gasteiger partial charge in [-0.2, -0.15) is 0 Å². The number of aliphatic hydroxyl groups is 1. The van der Waals surface area contributed by atoms with Crippen LogP contribution in [0.3, 0.4) is 0 Å². The van der Waals surface area contributed by atoms with Crippen LogP contribution in [0, 0.1) is 5.41 Å². The lowest BCUT2D eigenvalue weighted by Gasteiger charge is -2.44. The van der Waals surface area contributed by atoms with E-state index in [0.717, 1.165) is 6.08 Å². The Labute approximate surface area is 113 Å². The Balaban J connectivity index is 3.15. The van der Waals surface area contributed by atoms with E-state index in [1.54, 1.807) is 19.9 Å². The van der Waals surface area contributed by atoms with Crippen LogP contribution in [0.5, 0.6) is 0 Å². The van der Waals surface area contributed by atoms with Gasteiger partial charge in [-0.1, -0.05) is 19.9 Å². The third-order valence-corrected chi connectivity index (χ3v) is 3.56. The first-order chi connectivity index (χ1) is 8.58. The van der Waals surface area contributed by atoms with Gasteiger partial charge in [0.15, 0.2) is 5.78 Å². The number of carboxylic acid groups (broad SMARTS) is 1. The minimum atomic E-state index is -1.28. The van der Waals surface area contributed by atoms with Crippen molar-refractivity contribution in [2.24, 2.45) is 5.41 Å². The molecule has 0 aromatic carbocycles. The molecule has 104 valence electrons. The summed E-state index contributed by atoms with van der Waals surface area (Å²) < 4.78 is 0. The van der Waals surface area contributed by atoms with Crippen LogP contribution in [-0.2, 0) is 9.59 Å². The molecule has 0 amide bonds. The van der Waals surface area contributed by atoms with Crippen molar-refractivity contribution in [2.45, 2.75) is 39.7 Å². The van der Waals surface area contributed by atoms with Crippen molar-refractivity contribution in [1.82, 2.24) is 0 Å². The van der Waals surface area contributed by atoms with Crippen molar-refractivity contribution in [1.29, 1.82) is 0 Å². The van der Waals surface area contributed by atoms with Crippen molar-refractivity contribution >= 4 is 11.8 Å². The first kappa shape index (κ1) is 15.4. The first-order valence-corrected chi connectivity index (χ1v) is 6.11. The third-order valence-electron chi connectivity index (χ3n) is 3.56. The van der Waals surface area contributed by atoms with E-state index >= 15 is 0 Å².